The highest BCUT2D eigenvalue weighted by molar-refractivity contribution is 6.02. The highest BCUT2D eigenvalue weighted by Gasteiger charge is 2.31. The number of anilines is 1. The van der Waals surface area contributed by atoms with Gasteiger partial charge in [-0.3, -0.25) is 14.4 Å². The number of hydrogen-bond acceptors (Lipinski definition) is 3. The summed E-state index contributed by atoms with van der Waals surface area (Å²) in [6.45, 7) is 3.42. The zero-order chi connectivity index (χ0) is 15.6. The van der Waals surface area contributed by atoms with Crippen molar-refractivity contribution in [3.05, 3.63) is 29.3 Å². The first-order chi connectivity index (χ1) is 9.85. The molecule has 0 spiro atoms. The van der Waals surface area contributed by atoms with Crippen molar-refractivity contribution in [3.63, 3.8) is 0 Å². The van der Waals surface area contributed by atoms with Gasteiger partial charge in [0.25, 0.3) is 5.91 Å². The minimum absolute atomic E-state index is 0.0567. The van der Waals surface area contributed by atoms with Crippen LogP contribution < -0.4 is 10.6 Å². The molecule has 1 aromatic carbocycles. The fraction of sp³-hybridized carbons (Fsp3) is 0.400. The van der Waals surface area contributed by atoms with E-state index in [0.717, 1.165) is 5.56 Å². The fourth-order valence-corrected chi connectivity index (χ4v) is 2.08. The predicted molar refractivity (Wildman–Crippen MR) is 77.1 cm³/mol. The van der Waals surface area contributed by atoms with Crippen LogP contribution in [0.2, 0.25) is 0 Å². The van der Waals surface area contributed by atoms with E-state index >= 15 is 0 Å². The second kappa shape index (κ2) is 5.55. The standard InChI is InChI=1S/C15H18N2O4/c1-3-15(2,14(20)21)8-16-13(19)10-5-4-9-7-12(18)17-11(9)6-10/h4-6H,3,7-8H2,1-2H3,(H,16,19)(H,17,18)(H,20,21). The number of benzene rings is 1. The van der Waals surface area contributed by atoms with Crippen LogP contribution >= 0.6 is 0 Å². The Labute approximate surface area is 122 Å². The largest absolute Gasteiger partial charge is 0.481 e. The maximum atomic E-state index is 12.1. The Kier molecular flexibility index (Phi) is 3.97. The van der Waals surface area contributed by atoms with Gasteiger partial charge in [0.15, 0.2) is 0 Å². The van der Waals surface area contributed by atoms with Crippen LogP contribution in [0.5, 0.6) is 0 Å². The number of carbonyl (C=O) groups excluding carboxylic acids is 2. The Balaban J connectivity index is 2.07. The zero-order valence-electron chi connectivity index (χ0n) is 12.0. The molecule has 0 fully saturated rings. The quantitative estimate of drug-likeness (QED) is 0.764. The van der Waals surface area contributed by atoms with Crippen LogP contribution in [0.3, 0.4) is 0 Å². The molecule has 112 valence electrons. The molecule has 1 aliphatic heterocycles. The molecular weight excluding hydrogens is 272 g/mol. The van der Waals surface area contributed by atoms with E-state index in [-0.39, 0.29) is 18.4 Å². The molecule has 0 aromatic heterocycles. The summed E-state index contributed by atoms with van der Waals surface area (Å²) in [4.78, 5) is 34.6. The first kappa shape index (κ1) is 15.0. The van der Waals surface area contributed by atoms with E-state index in [1.165, 1.54) is 0 Å². The zero-order valence-corrected chi connectivity index (χ0v) is 12.0. The van der Waals surface area contributed by atoms with Crippen LogP contribution in [-0.4, -0.2) is 29.4 Å². The molecule has 2 amide bonds. The number of carbonyl (C=O) groups is 3. The van der Waals surface area contributed by atoms with E-state index in [4.69, 9.17) is 0 Å². The second-order valence-corrected chi connectivity index (χ2v) is 5.50. The molecule has 1 unspecified atom stereocenters. The normalized spacial score (nSPS) is 15.8. The summed E-state index contributed by atoms with van der Waals surface area (Å²) in [5, 5.41) is 14.5. The van der Waals surface area contributed by atoms with Gasteiger partial charge in [0, 0.05) is 17.8 Å². The molecule has 0 bridgehead atoms. The average Bonchev–Trinajstić information content (AvgIpc) is 2.83. The van der Waals surface area contributed by atoms with Crippen molar-refractivity contribution in [1.82, 2.24) is 5.32 Å². The van der Waals surface area contributed by atoms with E-state index < -0.39 is 11.4 Å². The van der Waals surface area contributed by atoms with Gasteiger partial charge in [0.1, 0.15) is 0 Å². The molecule has 0 saturated carbocycles. The van der Waals surface area contributed by atoms with Crippen LogP contribution in [-0.2, 0) is 16.0 Å². The van der Waals surface area contributed by atoms with Gasteiger partial charge >= 0.3 is 5.97 Å². The molecule has 1 heterocycles. The van der Waals surface area contributed by atoms with Crippen molar-refractivity contribution < 1.29 is 19.5 Å². The maximum Gasteiger partial charge on any atom is 0.311 e. The fourth-order valence-electron chi connectivity index (χ4n) is 2.08. The molecule has 3 N–H and O–H groups in total. The van der Waals surface area contributed by atoms with E-state index in [2.05, 4.69) is 10.6 Å². The van der Waals surface area contributed by atoms with Crippen molar-refractivity contribution in [2.45, 2.75) is 26.7 Å². The Hall–Kier alpha value is -2.37. The molecule has 1 aromatic rings. The molecular formula is C15H18N2O4. The lowest BCUT2D eigenvalue weighted by molar-refractivity contribution is -0.147. The summed E-state index contributed by atoms with van der Waals surface area (Å²) in [7, 11) is 0. The van der Waals surface area contributed by atoms with Gasteiger partial charge in [-0.15, -0.1) is 0 Å². The third kappa shape index (κ3) is 3.04. The van der Waals surface area contributed by atoms with Crippen LogP contribution in [0.1, 0.15) is 36.2 Å². The first-order valence-electron chi connectivity index (χ1n) is 6.80. The van der Waals surface area contributed by atoms with Crippen LogP contribution in [0.4, 0.5) is 5.69 Å². The Morgan fingerprint density at radius 3 is 2.76 bits per heavy atom. The number of carboxylic acid groups (broad SMARTS) is 1. The molecule has 2 rings (SSSR count). The number of nitrogens with one attached hydrogen (secondary N) is 2. The molecule has 6 nitrogen and oxygen atoms in total. The number of fused-ring (bicyclic) bond motifs is 1. The topological polar surface area (TPSA) is 95.5 Å². The van der Waals surface area contributed by atoms with Crippen LogP contribution in [0.25, 0.3) is 0 Å². The Morgan fingerprint density at radius 2 is 2.14 bits per heavy atom. The average molecular weight is 290 g/mol. The van der Waals surface area contributed by atoms with Crippen molar-refractivity contribution in [3.8, 4) is 0 Å². The monoisotopic (exact) mass is 290 g/mol. The van der Waals surface area contributed by atoms with Gasteiger partial charge in [-0.2, -0.15) is 0 Å². The number of rotatable bonds is 5. The summed E-state index contributed by atoms with van der Waals surface area (Å²) in [5.74, 6) is -1.38. The van der Waals surface area contributed by atoms with E-state index in [1.54, 1.807) is 32.0 Å². The molecule has 0 radical (unpaired) electrons. The summed E-state index contributed by atoms with van der Waals surface area (Å²) in [5.41, 5.74) is 0.921. The van der Waals surface area contributed by atoms with Gasteiger partial charge in [-0.25, -0.2) is 0 Å². The highest BCUT2D eigenvalue weighted by atomic mass is 16.4. The smallest absolute Gasteiger partial charge is 0.311 e. The molecule has 1 atom stereocenters. The number of aliphatic carboxylic acids is 1. The molecule has 1 aliphatic rings. The third-order valence-electron chi connectivity index (χ3n) is 3.93. The minimum Gasteiger partial charge on any atom is -0.481 e. The minimum atomic E-state index is -0.986. The summed E-state index contributed by atoms with van der Waals surface area (Å²) >= 11 is 0. The molecule has 0 saturated heterocycles. The van der Waals surface area contributed by atoms with Crippen LogP contribution in [0, 0.1) is 5.41 Å². The summed E-state index contributed by atoms with van der Waals surface area (Å²) in [6, 6.07) is 4.98. The lowest BCUT2D eigenvalue weighted by atomic mass is 9.87. The first-order valence-corrected chi connectivity index (χ1v) is 6.80. The van der Waals surface area contributed by atoms with Gasteiger partial charge in [-0.05, 0) is 31.0 Å². The lowest BCUT2D eigenvalue weighted by Gasteiger charge is -2.23. The Morgan fingerprint density at radius 1 is 1.43 bits per heavy atom. The van der Waals surface area contributed by atoms with Gasteiger partial charge in [0.05, 0.1) is 11.8 Å². The maximum absolute atomic E-state index is 12.1. The Bertz CT molecular complexity index is 612. The molecule has 6 heteroatoms. The van der Waals surface area contributed by atoms with E-state index in [0.29, 0.717) is 24.1 Å². The second-order valence-electron chi connectivity index (χ2n) is 5.50. The van der Waals surface area contributed by atoms with Crippen molar-refractivity contribution >= 4 is 23.5 Å². The van der Waals surface area contributed by atoms with Crippen molar-refractivity contribution in [2.75, 3.05) is 11.9 Å². The molecule has 21 heavy (non-hydrogen) atoms. The summed E-state index contributed by atoms with van der Waals surface area (Å²) in [6.07, 6.45) is 0.743. The van der Waals surface area contributed by atoms with Crippen molar-refractivity contribution in [1.29, 1.82) is 0 Å². The SMILES string of the molecule is CCC(C)(CNC(=O)c1ccc2c(c1)NC(=O)C2)C(=O)O. The van der Waals surface area contributed by atoms with E-state index in [9.17, 15) is 19.5 Å². The molecule has 0 aliphatic carbocycles. The summed E-state index contributed by atoms with van der Waals surface area (Å²) < 4.78 is 0. The number of carboxylic acids is 1. The predicted octanol–water partition coefficient (Wildman–Crippen LogP) is 1.41. The highest BCUT2D eigenvalue weighted by Crippen LogP contribution is 2.24. The van der Waals surface area contributed by atoms with Crippen molar-refractivity contribution in [2.24, 2.45) is 5.41 Å². The van der Waals surface area contributed by atoms with Gasteiger partial charge < -0.3 is 15.7 Å². The number of amides is 2. The lowest BCUT2D eigenvalue weighted by Crippen LogP contribution is -2.40. The van der Waals surface area contributed by atoms with E-state index in [1.807, 2.05) is 0 Å². The third-order valence-corrected chi connectivity index (χ3v) is 3.93. The van der Waals surface area contributed by atoms with Gasteiger partial charge in [-0.1, -0.05) is 13.0 Å². The van der Waals surface area contributed by atoms with Gasteiger partial charge in [0.2, 0.25) is 5.91 Å². The number of hydrogen-bond donors (Lipinski definition) is 3. The van der Waals surface area contributed by atoms with Crippen LogP contribution in [0.15, 0.2) is 18.2 Å².